The first-order chi connectivity index (χ1) is 18.4. The second-order valence-corrected chi connectivity index (χ2v) is 8.79. The molecule has 6 rings (SSSR count). The largest absolute Gasteiger partial charge is 0.394 e. The van der Waals surface area contributed by atoms with Crippen molar-refractivity contribution in [1.82, 2.24) is 40.2 Å². The molecule has 1 saturated heterocycles. The topological polar surface area (TPSA) is 160 Å². The number of nitrogens with zero attached hydrogens (tertiary/aromatic N) is 7. The summed E-state index contributed by atoms with van der Waals surface area (Å²) in [6.45, 7) is -0.609. The fraction of sp³-hybridized carbons (Fsp3) is 0.261. The lowest BCUT2D eigenvalue weighted by Crippen LogP contribution is -2.54. The number of aliphatic hydroxyl groups excluding tert-OH is 3. The molecule has 0 saturated carbocycles. The van der Waals surface area contributed by atoms with Crippen LogP contribution in [0, 0.1) is 17.5 Å². The minimum atomic E-state index is -1.62. The molecule has 0 spiro atoms. The molecule has 1 fully saturated rings. The Morgan fingerprint density at radius 1 is 0.974 bits per heavy atom. The number of ether oxygens (including phenoxy) is 1. The van der Waals surface area contributed by atoms with Gasteiger partial charge in [-0.25, -0.2) is 22.5 Å². The van der Waals surface area contributed by atoms with E-state index in [0.717, 1.165) is 27.7 Å². The lowest BCUT2D eigenvalue weighted by molar-refractivity contribution is -0.233. The van der Waals surface area contributed by atoms with Gasteiger partial charge in [0.2, 0.25) is 0 Å². The summed E-state index contributed by atoms with van der Waals surface area (Å²) in [6, 6.07) is 5.72. The summed E-state index contributed by atoms with van der Waals surface area (Å²) in [7, 11) is 0. The first-order valence-electron chi connectivity index (χ1n) is 11.4. The Kier molecular flexibility index (Phi) is 5.91. The Balaban J connectivity index is 1.36. The molecule has 5 atom stereocenters. The van der Waals surface area contributed by atoms with E-state index in [1.807, 2.05) is 12.1 Å². The zero-order chi connectivity index (χ0) is 26.6. The van der Waals surface area contributed by atoms with Crippen LogP contribution in [0.25, 0.3) is 33.4 Å². The number of aliphatic hydroxyl groups is 3. The lowest BCUT2D eigenvalue weighted by Gasteiger charge is -2.42. The van der Waals surface area contributed by atoms with Crippen LogP contribution in [0.1, 0.15) is 12.3 Å². The monoisotopic (exact) mass is 528 g/mol. The van der Waals surface area contributed by atoms with E-state index in [2.05, 4.69) is 30.8 Å². The Labute approximate surface area is 210 Å². The Morgan fingerprint density at radius 2 is 1.76 bits per heavy atom. The Hall–Kier alpha value is -4.18. The van der Waals surface area contributed by atoms with Crippen LogP contribution < -0.4 is 0 Å². The molecule has 12 nitrogen and oxygen atoms in total. The van der Waals surface area contributed by atoms with Crippen LogP contribution in [0.2, 0.25) is 0 Å². The molecule has 1 aliphatic rings. The van der Waals surface area contributed by atoms with Crippen molar-refractivity contribution in [3.05, 3.63) is 66.4 Å². The number of hydrogen-bond donors (Lipinski definition) is 4. The SMILES string of the molecule is OC[C@H]1O[C@@H](n2nncc2-c2ccc3[nH]ncc3c2)[C@H](O)[C@@H](n2cc(-c3cc(F)c(F)c(F)c3)nn2)[C@H]1O. The van der Waals surface area contributed by atoms with E-state index in [1.54, 1.807) is 12.3 Å². The Morgan fingerprint density at radius 3 is 2.53 bits per heavy atom. The van der Waals surface area contributed by atoms with E-state index < -0.39 is 54.6 Å². The number of aromatic nitrogens is 8. The summed E-state index contributed by atoms with van der Waals surface area (Å²) in [6.07, 6.45) is -1.01. The quantitative estimate of drug-likeness (QED) is 0.247. The zero-order valence-electron chi connectivity index (χ0n) is 19.2. The molecule has 38 heavy (non-hydrogen) atoms. The Bertz CT molecular complexity index is 1600. The highest BCUT2D eigenvalue weighted by Gasteiger charge is 2.47. The highest BCUT2D eigenvalue weighted by Crippen LogP contribution is 2.37. The van der Waals surface area contributed by atoms with E-state index in [0.29, 0.717) is 11.3 Å². The number of rotatable bonds is 5. The van der Waals surface area contributed by atoms with Crippen LogP contribution in [-0.2, 0) is 4.74 Å². The lowest BCUT2D eigenvalue weighted by atomic mass is 9.95. The summed E-state index contributed by atoms with van der Waals surface area (Å²) < 4.78 is 49.1. The molecule has 196 valence electrons. The van der Waals surface area contributed by atoms with Gasteiger partial charge in [-0.15, -0.1) is 10.2 Å². The first kappa shape index (κ1) is 24.2. The van der Waals surface area contributed by atoms with E-state index in [4.69, 9.17) is 4.74 Å². The average molecular weight is 528 g/mol. The predicted octanol–water partition coefficient (Wildman–Crippen LogP) is 1.35. The molecule has 0 radical (unpaired) electrons. The molecule has 2 aromatic carbocycles. The summed E-state index contributed by atoms with van der Waals surface area (Å²) >= 11 is 0. The van der Waals surface area contributed by atoms with Crippen molar-refractivity contribution in [2.24, 2.45) is 0 Å². The molecule has 4 heterocycles. The van der Waals surface area contributed by atoms with Crippen LogP contribution in [0.5, 0.6) is 0 Å². The van der Waals surface area contributed by atoms with Crippen molar-refractivity contribution >= 4 is 10.9 Å². The van der Waals surface area contributed by atoms with Crippen molar-refractivity contribution < 1.29 is 33.2 Å². The fourth-order valence-corrected chi connectivity index (χ4v) is 4.60. The third kappa shape index (κ3) is 3.92. The van der Waals surface area contributed by atoms with E-state index in [-0.39, 0.29) is 11.3 Å². The average Bonchev–Trinajstić information content (AvgIpc) is 3.68. The first-order valence-corrected chi connectivity index (χ1v) is 11.4. The normalized spacial score (nSPS) is 23.8. The van der Waals surface area contributed by atoms with Crippen molar-refractivity contribution in [2.75, 3.05) is 6.61 Å². The molecule has 0 aliphatic carbocycles. The summed E-state index contributed by atoms with van der Waals surface area (Å²) in [4.78, 5) is 0. The molecular weight excluding hydrogens is 509 g/mol. The van der Waals surface area contributed by atoms with Crippen LogP contribution in [-0.4, -0.2) is 80.4 Å². The number of aromatic amines is 1. The van der Waals surface area contributed by atoms with Gasteiger partial charge in [-0.2, -0.15) is 5.10 Å². The van der Waals surface area contributed by atoms with Crippen LogP contribution in [0.4, 0.5) is 13.2 Å². The summed E-state index contributed by atoms with van der Waals surface area (Å²) in [5.74, 6) is -4.44. The van der Waals surface area contributed by atoms with Gasteiger partial charge in [0.1, 0.15) is 30.0 Å². The van der Waals surface area contributed by atoms with Gasteiger partial charge in [0.05, 0.1) is 36.4 Å². The maximum atomic E-state index is 13.7. The molecule has 5 aromatic rings. The van der Waals surface area contributed by atoms with Crippen LogP contribution in [0.3, 0.4) is 0 Å². The molecule has 0 bridgehead atoms. The van der Waals surface area contributed by atoms with Crippen molar-refractivity contribution in [3.63, 3.8) is 0 Å². The maximum Gasteiger partial charge on any atom is 0.194 e. The second kappa shape index (κ2) is 9.29. The zero-order valence-corrected chi connectivity index (χ0v) is 19.2. The molecular formula is C23H19F3N8O4. The molecule has 0 unspecified atom stereocenters. The number of benzene rings is 2. The summed E-state index contributed by atoms with van der Waals surface area (Å²) in [5, 5.41) is 55.6. The van der Waals surface area contributed by atoms with E-state index in [1.165, 1.54) is 17.1 Å². The highest BCUT2D eigenvalue weighted by atomic mass is 19.2. The number of nitrogens with one attached hydrogen (secondary N) is 1. The van der Waals surface area contributed by atoms with Gasteiger partial charge in [-0.1, -0.05) is 16.5 Å². The number of H-pyrrole nitrogens is 1. The molecule has 1 aliphatic heterocycles. The van der Waals surface area contributed by atoms with Gasteiger partial charge in [0, 0.05) is 16.5 Å². The minimum absolute atomic E-state index is 0.0411. The molecule has 3 aromatic heterocycles. The smallest absolute Gasteiger partial charge is 0.194 e. The second-order valence-electron chi connectivity index (χ2n) is 8.79. The van der Waals surface area contributed by atoms with Crippen molar-refractivity contribution in [2.45, 2.75) is 30.6 Å². The molecule has 15 heteroatoms. The fourth-order valence-electron chi connectivity index (χ4n) is 4.60. The minimum Gasteiger partial charge on any atom is -0.394 e. The maximum absolute atomic E-state index is 13.7. The third-order valence-electron chi connectivity index (χ3n) is 6.51. The summed E-state index contributed by atoms with van der Waals surface area (Å²) in [5.41, 5.74) is 1.83. The van der Waals surface area contributed by atoms with Crippen molar-refractivity contribution in [1.29, 1.82) is 0 Å². The van der Waals surface area contributed by atoms with E-state index >= 15 is 0 Å². The number of halogens is 3. The van der Waals surface area contributed by atoms with Gasteiger partial charge >= 0.3 is 0 Å². The van der Waals surface area contributed by atoms with Crippen LogP contribution in [0.15, 0.2) is 48.9 Å². The molecule has 0 amide bonds. The van der Waals surface area contributed by atoms with Crippen molar-refractivity contribution in [3.8, 4) is 22.5 Å². The van der Waals surface area contributed by atoms with Gasteiger partial charge in [-0.3, -0.25) is 5.10 Å². The van der Waals surface area contributed by atoms with Crippen LogP contribution >= 0.6 is 0 Å². The third-order valence-corrected chi connectivity index (χ3v) is 6.51. The van der Waals surface area contributed by atoms with Gasteiger partial charge in [-0.05, 0) is 24.3 Å². The highest BCUT2D eigenvalue weighted by molar-refractivity contribution is 5.83. The molecule has 4 N–H and O–H groups in total. The van der Waals surface area contributed by atoms with Gasteiger partial charge in [0.25, 0.3) is 0 Å². The van der Waals surface area contributed by atoms with E-state index in [9.17, 15) is 28.5 Å². The number of hydrogen-bond acceptors (Lipinski definition) is 9. The predicted molar refractivity (Wildman–Crippen MR) is 122 cm³/mol. The number of fused-ring (bicyclic) bond motifs is 1. The van der Waals surface area contributed by atoms with Gasteiger partial charge in [0.15, 0.2) is 23.7 Å². The van der Waals surface area contributed by atoms with Gasteiger partial charge < -0.3 is 20.1 Å². The standard InChI is InChI=1S/C23H19F3N8O4/c24-13-4-11(5-14(25)19(13)26)16-8-33(32-30-16)20-21(36)18(9-35)38-23(22(20)37)34-17(7-28-31-34)10-1-2-15-12(3-10)6-27-29-15/h1-8,18,20-23,35-37H,9H2,(H,27,29)/t18-,20+,21+,22-,23-/m1/s1.